The Morgan fingerprint density at radius 3 is 2.74 bits per heavy atom. The van der Waals surface area contributed by atoms with E-state index in [1.807, 2.05) is 0 Å². The van der Waals surface area contributed by atoms with Crippen molar-refractivity contribution in [2.75, 3.05) is 0 Å². The van der Waals surface area contributed by atoms with Crippen molar-refractivity contribution < 1.29 is 0 Å². The summed E-state index contributed by atoms with van der Waals surface area (Å²) >= 11 is 9.64. The van der Waals surface area contributed by atoms with Crippen LogP contribution < -0.4 is 0 Å². The largest absolute Gasteiger partial charge is 0.321 e. The van der Waals surface area contributed by atoms with Gasteiger partial charge in [-0.3, -0.25) is 0 Å². The van der Waals surface area contributed by atoms with Crippen molar-refractivity contribution in [1.82, 2.24) is 9.55 Å². The first-order chi connectivity index (χ1) is 9.14. The Kier molecular flexibility index (Phi) is 3.61. The summed E-state index contributed by atoms with van der Waals surface area (Å²) in [6.45, 7) is 2.35. The molecule has 1 aliphatic carbocycles. The Balaban J connectivity index is 2.20. The Morgan fingerprint density at radius 2 is 2.05 bits per heavy atom. The number of imidazole rings is 1. The van der Waals surface area contributed by atoms with E-state index in [9.17, 15) is 0 Å². The van der Waals surface area contributed by atoms with Gasteiger partial charge in [-0.2, -0.15) is 0 Å². The molecule has 2 nitrogen and oxygen atoms in total. The molecule has 0 radical (unpaired) electrons. The van der Waals surface area contributed by atoms with Crippen LogP contribution in [0.5, 0.6) is 0 Å². The van der Waals surface area contributed by atoms with Crippen LogP contribution >= 0.6 is 27.5 Å². The molecule has 1 aliphatic rings. The van der Waals surface area contributed by atoms with Crippen molar-refractivity contribution >= 4 is 38.6 Å². The molecule has 19 heavy (non-hydrogen) atoms. The van der Waals surface area contributed by atoms with Gasteiger partial charge in [0.2, 0.25) is 0 Å². The number of alkyl halides is 1. The molecule has 0 spiro atoms. The highest BCUT2D eigenvalue weighted by atomic mass is 79.9. The summed E-state index contributed by atoms with van der Waals surface area (Å²) in [4.78, 5) is 4.71. The molecule has 1 heterocycles. The van der Waals surface area contributed by atoms with Gasteiger partial charge in [0.15, 0.2) is 0 Å². The van der Waals surface area contributed by atoms with Crippen LogP contribution in [0.1, 0.15) is 44.9 Å². The zero-order chi connectivity index (χ0) is 13.5. The first-order valence-corrected chi connectivity index (χ1v) is 8.20. The fourth-order valence-corrected chi connectivity index (χ4v) is 3.86. The molecule has 2 aromatic rings. The minimum absolute atomic E-state index is 0.172. The van der Waals surface area contributed by atoms with Crippen molar-refractivity contribution in [2.45, 2.75) is 50.4 Å². The average molecular weight is 342 g/mol. The lowest BCUT2D eigenvalue weighted by atomic mass is 9.83. The topological polar surface area (TPSA) is 17.8 Å². The van der Waals surface area contributed by atoms with Crippen molar-refractivity contribution in [3.05, 3.63) is 28.5 Å². The lowest BCUT2D eigenvalue weighted by Crippen LogP contribution is -2.33. The van der Waals surface area contributed by atoms with Crippen LogP contribution in [0.15, 0.2) is 22.7 Å². The maximum Gasteiger partial charge on any atom is 0.125 e. The van der Waals surface area contributed by atoms with Gasteiger partial charge in [0.1, 0.15) is 5.82 Å². The monoisotopic (exact) mass is 340 g/mol. The van der Waals surface area contributed by atoms with Crippen LogP contribution in [0.2, 0.25) is 0 Å². The summed E-state index contributed by atoms with van der Waals surface area (Å²) in [6, 6.07) is 6.32. The summed E-state index contributed by atoms with van der Waals surface area (Å²) in [5, 5.41) is 0. The van der Waals surface area contributed by atoms with E-state index in [1.165, 1.54) is 37.6 Å². The first-order valence-electron chi connectivity index (χ1n) is 6.87. The molecule has 3 rings (SSSR count). The first kappa shape index (κ1) is 13.4. The molecule has 1 aromatic carbocycles. The third-order valence-electron chi connectivity index (χ3n) is 4.28. The second-order valence-corrected chi connectivity index (χ2v) is 6.87. The van der Waals surface area contributed by atoms with E-state index in [1.54, 1.807) is 0 Å². The third kappa shape index (κ3) is 2.31. The second-order valence-electron chi connectivity index (χ2n) is 5.69. The number of hydrogen-bond acceptors (Lipinski definition) is 1. The smallest absolute Gasteiger partial charge is 0.125 e. The van der Waals surface area contributed by atoms with Gasteiger partial charge in [-0.1, -0.05) is 35.2 Å². The molecular weight excluding hydrogens is 324 g/mol. The summed E-state index contributed by atoms with van der Waals surface area (Å²) in [5.74, 6) is 1.47. The minimum Gasteiger partial charge on any atom is -0.321 e. The highest BCUT2D eigenvalue weighted by molar-refractivity contribution is 9.10. The predicted molar refractivity (Wildman–Crippen MR) is 83.7 cm³/mol. The van der Waals surface area contributed by atoms with E-state index >= 15 is 0 Å². The Morgan fingerprint density at radius 1 is 1.32 bits per heavy atom. The van der Waals surface area contributed by atoms with Crippen molar-refractivity contribution in [2.24, 2.45) is 0 Å². The van der Waals surface area contributed by atoms with Gasteiger partial charge in [-0.25, -0.2) is 4.98 Å². The highest BCUT2D eigenvalue weighted by Crippen LogP contribution is 2.38. The van der Waals surface area contributed by atoms with E-state index in [0.29, 0.717) is 5.88 Å². The van der Waals surface area contributed by atoms with Gasteiger partial charge < -0.3 is 4.57 Å². The molecule has 0 atom stereocenters. The van der Waals surface area contributed by atoms with Crippen molar-refractivity contribution in [1.29, 1.82) is 0 Å². The van der Waals surface area contributed by atoms with Crippen LogP contribution in [0.3, 0.4) is 0 Å². The van der Waals surface area contributed by atoms with E-state index in [-0.39, 0.29) is 5.54 Å². The summed E-state index contributed by atoms with van der Waals surface area (Å²) in [7, 11) is 0. The second kappa shape index (κ2) is 5.10. The van der Waals surface area contributed by atoms with E-state index < -0.39 is 0 Å². The lowest BCUT2D eigenvalue weighted by molar-refractivity contribution is 0.220. The molecule has 0 amide bonds. The summed E-state index contributed by atoms with van der Waals surface area (Å²) < 4.78 is 3.46. The fraction of sp³-hybridized carbons (Fsp3) is 0.533. The van der Waals surface area contributed by atoms with Crippen LogP contribution in [0.25, 0.3) is 11.0 Å². The number of nitrogens with zero attached hydrogens (tertiary/aromatic N) is 2. The maximum absolute atomic E-state index is 6.13. The quantitative estimate of drug-likeness (QED) is 0.685. The minimum atomic E-state index is 0.172. The van der Waals surface area contributed by atoms with E-state index in [4.69, 9.17) is 16.6 Å². The number of aromatic nitrogens is 2. The predicted octanol–water partition coefficient (Wildman–Crippen LogP) is 5.22. The standard InChI is InChI=1S/C15H18BrClN2/c1-15(7-3-2-4-8-15)19-13-6-5-11(16)9-12(13)18-14(19)10-17/h5-6,9H,2-4,7-8,10H2,1H3. The van der Waals surface area contributed by atoms with Gasteiger partial charge in [0, 0.05) is 10.0 Å². The number of rotatable bonds is 2. The number of benzene rings is 1. The molecule has 0 bridgehead atoms. The van der Waals surface area contributed by atoms with E-state index in [0.717, 1.165) is 15.8 Å². The maximum atomic E-state index is 6.13. The molecule has 4 heteroatoms. The zero-order valence-corrected chi connectivity index (χ0v) is 13.5. The average Bonchev–Trinajstić information content (AvgIpc) is 2.77. The molecule has 1 saturated carbocycles. The van der Waals surface area contributed by atoms with Crippen LogP contribution in [0.4, 0.5) is 0 Å². The SMILES string of the molecule is CC1(n2c(CCl)nc3cc(Br)ccc32)CCCCC1. The summed E-state index contributed by atoms with van der Waals surface area (Å²) in [6.07, 6.45) is 6.39. The van der Waals surface area contributed by atoms with Gasteiger partial charge in [0.25, 0.3) is 0 Å². The van der Waals surface area contributed by atoms with Crippen LogP contribution in [-0.4, -0.2) is 9.55 Å². The number of halogens is 2. The zero-order valence-electron chi connectivity index (χ0n) is 11.1. The molecule has 102 valence electrons. The Bertz CT molecular complexity index is 599. The molecule has 0 aliphatic heterocycles. The number of hydrogen-bond donors (Lipinski definition) is 0. The Hall–Kier alpha value is -0.540. The Labute approximate surface area is 127 Å². The van der Waals surface area contributed by atoms with Gasteiger partial charge in [-0.15, -0.1) is 11.6 Å². The molecule has 0 unspecified atom stereocenters. The van der Waals surface area contributed by atoms with Gasteiger partial charge in [-0.05, 0) is 38.0 Å². The van der Waals surface area contributed by atoms with Crippen LogP contribution in [0, 0.1) is 0 Å². The normalized spacial score (nSPS) is 18.9. The fourth-order valence-electron chi connectivity index (χ4n) is 3.33. The van der Waals surface area contributed by atoms with Gasteiger partial charge >= 0.3 is 0 Å². The molecular formula is C15H18BrClN2. The lowest BCUT2D eigenvalue weighted by Gasteiger charge is -2.36. The van der Waals surface area contributed by atoms with Crippen molar-refractivity contribution in [3.63, 3.8) is 0 Å². The third-order valence-corrected chi connectivity index (χ3v) is 5.01. The summed E-state index contributed by atoms with van der Waals surface area (Å²) in [5.41, 5.74) is 2.42. The van der Waals surface area contributed by atoms with Crippen molar-refractivity contribution in [3.8, 4) is 0 Å². The van der Waals surface area contributed by atoms with Crippen LogP contribution in [-0.2, 0) is 11.4 Å². The number of fused-ring (bicyclic) bond motifs is 1. The van der Waals surface area contributed by atoms with E-state index in [2.05, 4.69) is 45.6 Å². The molecule has 1 fully saturated rings. The van der Waals surface area contributed by atoms with Gasteiger partial charge in [0.05, 0.1) is 16.9 Å². The molecule has 0 saturated heterocycles. The molecule has 1 aromatic heterocycles. The molecule has 0 N–H and O–H groups in total. The highest BCUT2D eigenvalue weighted by Gasteiger charge is 2.32.